The first-order valence-corrected chi connectivity index (χ1v) is 7.09. The van der Waals surface area contributed by atoms with Crippen LogP contribution in [0.1, 0.15) is 5.56 Å². The number of carbonyl (C=O) groups is 1. The van der Waals surface area contributed by atoms with Gasteiger partial charge in [0.2, 0.25) is 5.88 Å². The fourth-order valence-corrected chi connectivity index (χ4v) is 2.26. The van der Waals surface area contributed by atoms with Crippen LogP contribution in [0, 0.1) is 6.92 Å². The lowest BCUT2D eigenvalue weighted by atomic mass is 10.2. The number of para-hydroxylation sites is 1. The fraction of sp³-hybridized carbons (Fsp3) is 0.125. The van der Waals surface area contributed by atoms with Crippen molar-refractivity contribution in [1.82, 2.24) is 19.7 Å². The second kappa shape index (κ2) is 6.37. The standard InChI is InChI=1S/C16H15N5O3/c1-10-13(11-8-18-16(23-2)19-9-11)20-21(14(10)24-15(17)22)12-6-4-3-5-7-12/h3-9H,1-2H3,(H2,17,22). The molecule has 0 unspecified atom stereocenters. The Morgan fingerprint density at radius 1 is 1.17 bits per heavy atom. The molecule has 1 aromatic carbocycles. The zero-order valence-electron chi connectivity index (χ0n) is 13.1. The van der Waals surface area contributed by atoms with Gasteiger partial charge in [0.05, 0.1) is 12.8 Å². The monoisotopic (exact) mass is 325 g/mol. The van der Waals surface area contributed by atoms with Gasteiger partial charge in [-0.1, -0.05) is 18.2 Å². The van der Waals surface area contributed by atoms with Crippen LogP contribution in [0.5, 0.6) is 11.9 Å². The molecule has 3 aromatic rings. The third kappa shape index (κ3) is 2.89. The minimum absolute atomic E-state index is 0.250. The van der Waals surface area contributed by atoms with E-state index in [0.29, 0.717) is 16.8 Å². The first kappa shape index (κ1) is 15.5. The van der Waals surface area contributed by atoms with E-state index in [0.717, 1.165) is 5.69 Å². The number of methoxy groups -OCH3 is 1. The number of nitrogens with two attached hydrogens (primary N) is 1. The molecule has 0 aliphatic carbocycles. The molecule has 0 atom stereocenters. The Bertz CT molecular complexity index is 859. The normalized spacial score (nSPS) is 10.4. The number of amides is 1. The van der Waals surface area contributed by atoms with Crippen molar-refractivity contribution in [1.29, 1.82) is 0 Å². The van der Waals surface area contributed by atoms with Gasteiger partial charge >= 0.3 is 12.1 Å². The van der Waals surface area contributed by atoms with E-state index in [1.807, 2.05) is 30.3 Å². The third-order valence-corrected chi connectivity index (χ3v) is 3.35. The molecule has 24 heavy (non-hydrogen) atoms. The minimum atomic E-state index is -0.910. The van der Waals surface area contributed by atoms with E-state index in [4.69, 9.17) is 15.2 Å². The SMILES string of the molecule is COc1ncc(-c2nn(-c3ccccc3)c(OC(N)=O)c2C)cn1. The molecule has 2 aromatic heterocycles. The number of rotatable bonds is 4. The topological polar surface area (TPSA) is 105 Å². The molecule has 0 aliphatic heterocycles. The number of hydrogen-bond donors (Lipinski definition) is 1. The Hall–Kier alpha value is -3.42. The van der Waals surface area contributed by atoms with E-state index in [1.165, 1.54) is 11.8 Å². The Morgan fingerprint density at radius 3 is 2.42 bits per heavy atom. The summed E-state index contributed by atoms with van der Waals surface area (Å²) in [6, 6.07) is 9.54. The summed E-state index contributed by atoms with van der Waals surface area (Å²) >= 11 is 0. The number of aromatic nitrogens is 4. The van der Waals surface area contributed by atoms with Crippen LogP contribution in [0.2, 0.25) is 0 Å². The number of nitrogens with zero attached hydrogens (tertiary/aromatic N) is 4. The van der Waals surface area contributed by atoms with Gasteiger partial charge in [0, 0.05) is 23.5 Å². The summed E-state index contributed by atoms with van der Waals surface area (Å²) in [5, 5.41) is 4.52. The zero-order valence-corrected chi connectivity index (χ0v) is 13.1. The summed E-state index contributed by atoms with van der Waals surface area (Å²) in [4.78, 5) is 19.4. The van der Waals surface area contributed by atoms with Crippen molar-refractivity contribution in [3.63, 3.8) is 0 Å². The summed E-state index contributed by atoms with van der Waals surface area (Å²) in [7, 11) is 1.49. The maximum Gasteiger partial charge on any atom is 0.411 e. The minimum Gasteiger partial charge on any atom is -0.467 e. The molecule has 8 heteroatoms. The van der Waals surface area contributed by atoms with Crippen molar-refractivity contribution in [2.75, 3.05) is 7.11 Å². The fourth-order valence-electron chi connectivity index (χ4n) is 2.26. The molecule has 0 saturated carbocycles. The van der Waals surface area contributed by atoms with E-state index in [1.54, 1.807) is 19.3 Å². The lowest BCUT2D eigenvalue weighted by Crippen LogP contribution is -2.18. The Labute approximate surface area is 137 Å². The van der Waals surface area contributed by atoms with Crippen molar-refractivity contribution in [2.45, 2.75) is 6.92 Å². The number of primary amides is 1. The largest absolute Gasteiger partial charge is 0.467 e. The summed E-state index contributed by atoms with van der Waals surface area (Å²) in [5.74, 6) is 0.250. The summed E-state index contributed by atoms with van der Waals surface area (Å²) in [6.45, 7) is 1.78. The molecule has 0 fully saturated rings. The highest BCUT2D eigenvalue weighted by Gasteiger charge is 2.20. The van der Waals surface area contributed by atoms with Crippen molar-refractivity contribution < 1.29 is 14.3 Å². The summed E-state index contributed by atoms with van der Waals surface area (Å²) < 4.78 is 11.6. The van der Waals surface area contributed by atoms with Gasteiger partial charge in [0.1, 0.15) is 5.69 Å². The predicted octanol–water partition coefficient (Wildman–Crippen LogP) is 2.10. The average Bonchev–Trinajstić information content (AvgIpc) is 2.92. The van der Waals surface area contributed by atoms with Crippen LogP contribution in [-0.2, 0) is 0 Å². The molecule has 8 nitrogen and oxygen atoms in total. The van der Waals surface area contributed by atoms with Gasteiger partial charge in [-0.05, 0) is 19.1 Å². The van der Waals surface area contributed by atoms with Crippen LogP contribution in [0.4, 0.5) is 4.79 Å². The molecule has 1 amide bonds. The second-order valence-electron chi connectivity index (χ2n) is 4.91. The highest BCUT2D eigenvalue weighted by molar-refractivity contribution is 5.71. The average molecular weight is 325 g/mol. The Balaban J connectivity index is 2.13. The van der Waals surface area contributed by atoms with E-state index in [9.17, 15) is 4.79 Å². The molecule has 2 heterocycles. The van der Waals surface area contributed by atoms with Crippen LogP contribution in [0.3, 0.4) is 0 Å². The van der Waals surface area contributed by atoms with Gasteiger partial charge in [-0.3, -0.25) is 0 Å². The molecule has 3 rings (SSSR count). The smallest absolute Gasteiger partial charge is 0.411 e. The van der Waals surface area contributed by atoms with Crippen molar-refractivity contribution in [3.8, 4) is 28.8 Å². The molecule has 0 aliphatic rings. The molecule has 2 N–H and O–H groups in total. The van der Waals surface area contributed by atoms with E-state index >= 15 is 0 Å². The highest BCUT2D eigenvalue weighted by atomic mass is 16.6. The number of carbonyl (C=O) groups excluding carboxylic acids is 1. The van der Waals surface area contributed by atoms with Crippen LogP contribution in [0.15, 0.2) is 42.7 Å². The first-order chi connectivity index (χ1) is 11.6. The molecule has 0 bridgehead atoms. The maximum atomic E-state index is 11.3. The molecule has 0 saturated heterocycles. The highest BCUT2D eigenvalue weighted by Crippen LogP contribution is 2.31. The van der Waals surface area contributed by atoms with Gasteiger partial charge in [-0.15, -0.1) is 0 Å². The quantitative estimate of drug-likeness (QED) is 0.787. The Kier molecular flexibility index (Phi) is 4.11. The van der Waals surface area contributed by atoms with Crippen molar-refractivity contribution >= 4 is 6.09 Å². The predicted molar refractivity (Wildman–Crippen MR) is 86.1 cm³/mol. The summed E-state index contributed by atoms with van der Waals surface area (Å²) in [5.41, 5.74) is 7.81. The second-order valence-corrected chi connectivity index (χ2v) is 4.91. The van der Waals surface area contributed by atoms with Gasteiger partial charge in [-0.2, -0.15) is 9.78 Å². The van der Waals surface area contributed by atoms with Crippen LogP contribution < -0.4 is 15.2 Å². The molecular weight excluding hydrogens is 310 g/mol. The van der Waals surface area contributed by atoms with Gasteiger partial charge < -0.3 is 15.2 Å². The first-order valence-electron chi connectivity index (χ1n) is 7.09. The Morgan fingerprint density at radius 2 is 1.83 bits per heavy atom. The van der Waals surface area contributed by atoms with Crippen molar-refractivity contribution in [2.24, 2.45) is 5.73 Å². The van der Waals surface area contributed by atoms with Crippen molar-refractivity contribution in [3.05, 3.63) is 48.3 Å². The molecular formula is C16H15N5O3. The molecule has 122 valence electrons. The van der Waals surface area contributed by atoms with Crippen LogP contribution in [-0.4, -0.2) is 33.0 Å². The van der Waals surface area contributed by atoms with Crippen LogP contribution in [0.25, 0.3) is 16.9 Å². The molecule has 0 radical (unpaired) electrons. The summed E-state index contributed by atoms with van der Waals surface area (Å²) in [6.07, 6.45) is 2.27. The van der Waals surface area contributed by atoms with Gasteiger partial charge in [-0.25, -0.2) is 14.8 Å². The van der Waals surface area contributed by atoms with Gasteiger partial charge in [0.25, 0.3) is 0 Å². The number of benzene rings is 1. The van der Waals surface area contributed by atoms with E-state index < -0.39 is 6.09 Å². The van der Waals surface area contributed by atoms with E-state index in [-0.39, 0.29) is 11.9 Å². The van der Waals surface area contributed by atoms with Crippen LogP contribution >= 0.6 is 0 Å². The number of ether oxygens (including phenoxy) is 2. The van der Waals surface area contributed by atoms with Gasteiger partial charge in [0.15, 0.2) is 0 Å². The zero-order chi connectivity index (χ0) is 17.1. The number of hydrogen-bond acceptors (Lipinski definition) is 6. The maximum absolute atomic E-state index is 11.3. The lowest BCUT2D eigenvalue weighted by Gasteiger charge is -2.06. The van der Waals surface area contributed by atoms with E-state index in [2.05, 4.69) is 15.1 Å². The lowest BCUT2D eigenvalue weighted by molar-refractivity contribution is 0.207. The third-order valence-electron chi connectivity index (χ3n) is 3.35. The molecule has 0 spiro atoms.